The summed E-state index contributed by atoms with van der Waals surface area (Å²) in [7, 11) is 5.23. The Hall–Kier alpha value is -4.98. The fourth-order valence-corrected chi connectivity index (χ4v) is 8.08. The number of aliphatic carboxylic acids is 1. The van der Waals surface area contributed by atoms with Crippen molar-refractivity contribution >= 4 is 24.1 Å². The molecule has 16 atom stereocenters. The molecule has 0 radical (unpaired) electrons. The minimum Gasteiger partial charge on any atom is -0.493 e. The van der Waals surface area contributed by atoms with E-state index in [2.05, 4.69) is 0 Å². The van der Waals surface area contributed by atoms with E-state index in [0.29, 0.717) is 16.7 Å². The Kier molecular flexibility index (Phi) is 20.7. The number of carbonyl (C=O) groups excluding carboxylic acids is 1. The Balaban J connectivity index is 1.44. The molecule has 0 saturated carbocycles. The number of hydrogen-bond donors (Lipinski definition) is 13. The van der Waals surface area contributed by atoms with Crippen LogP contribution in [-0.4, -0.2) is 231 Å². The Labute approximate surface area is 411 Å². The number of aliphatic hydroxyl groups excluding tert-OH is 12. The molecule has 2 aromatic rings. The second kappa shape index (κ2) is 25.8. The minimum atomic E-state index is -1.90. The summed E-state index contributed by atoms with van der Waals surface area (Å²) < 4.78 is 62.1. The molecule has 13 N–H and O–H groups in total. The van der Waals surface area contributed by atoms with E-state index >= 15 is 0 Å². The van der Waals surface area contributed by atoms with E-state index < -0.39 is 149 Å². The number of hydrogen-bond acceptors (Lipinski definition) is 25. The average molecular weight is 1030 g/mol. The Morgan fingerprint density at radius 1 is 0.569 bits per heavy atom. The van der Waals surface area contributed by atoms with Gasteiger partial charge in [-0.2, -0.15) is 0 Å². The monoisotopic (exact) mass is 1030 g/mol. The predicted molar refractivity (Wildman–Crippen MR) is 241 cm³/mol. The summed E-state index contributed by atoms with van der Waals surface area (Å²) in [4.78, 5) is 25.0. The predicted octanol–water partition coefficient (Wildman–Crippen LogP) is -3.67. The van der Waals surface area contributed by atoms with Crippen LogP contribution in [0.4, 0.5) is 0 Å². The number of rotatable bonds is 23. The van der Waals surface area contributed by atoms with Crippen LogP contribution in [0.25, 0.3) is 12.2 Å². The van der Waals surface area contributed by atoms with E-state index in [1.807, 2.05) is 0 Å². The quantitative estimate of drug-likeness (QED) is 0.0477. The summed E-state index contributed by atoms with van der Waals surface area (Å²) in [5, 5.41) is 132. The van der Waals surface area contributed by atoms with Gasteiger partial charge in [0.05, 0.1) is 66.7 Å². The summed E-state index contributed by atoms with van der Waals surface area (Å²) in [6.07, 6.45) is -20.1. The van der Waals surface area contributed by atoms with E-state index in [4.69, 9.17) is 52.1 Å². The third kappa shape index (κ3) is 13.4. The van der Waals surface area contributed by atoms with Gasteiger partial charge in [-0.3, -0.25) is 9.59 Å². The van der Waals surface area contributed by atoms with Crippen molar-refractivity contribution in [1.82, 2.24) is 0 Å². The lowest BCUT2D eigenvalue weighted by Crippen LogP contribution is -2.60. The second-order valence-corrected chi connectivity index (χ2v) is 17.1. The lowest BCUT2D eigenvalue weighted by Gasteiger charge is -2.42. The first-order valence-corrected chi connectivity index (χ1v) is 22.4. The highest BCUT2D eigenvalue weighted by Gasteiger charge is 2.49. The van der Waals surface area contributed by atoms with Crippen molar-refractivity contribution in [1.29, 1.82) is 0 Å². The van der Waals surface area contributed by atoms with Crippen molar-refractivity contribution in [3.8, 4) is 34.5 Å². The first-order valence-electron chi connectivity index (χ1n) is 22.4. The fraction of sp³-hybridized carbons (Fsp3) is 0.609. The molecule has 72 heavy (non-hydrogen) atoms. The van der Waals surface area contributed by atoms with Gasteiger partial charge in [0.1, 0.15) is 79.9 Å². The first-order chi connectivity index (χ1) is 34.2. The number of aliphatic hydroxyl groups is 12. The van der Waals surface area contributed by atoms with Crippen LogP contribution in [0.5, 0.6) is 34.5 Å². The molecule has 404 valence electrons. The van der Waals surface area contributed by atoms with Crippen molar-refractivity contribution in [3.05, 3.63) is 47.0 Å². The van der Waals surface area contributed by atoms with Crippen LogP contribution >= 0.6 is 0 Å². The fourth-order valence-electron chi connectivity index (χ4n) is 8.08. The van der Waals surface area contributed by atoms with E-state index in [1.54, 1.807) is 12.2 Å². The van der Waals surface area contributed by atoms with Gasteiger partial charge in [-0.1, -0.05) is 18.2 Å². The molecular weight excluding hydrogens is 968 g/mol. The maximum Gasteiger partial charge on any atom is 0.309 e. The van der Waals surface area contributed by atoms with Crippen molar-refractivity contribution < 1.29 is 128 Å². The lowest BCUT2D eigenvalue weighted by atomic mass is 9.95. The van der Waals surface area contributed by atoms with Crippen LogP contribution in [0, 0.1) is 0 Å². The van der Waals surface area contributed by atoms with E-state index in [1.165, 1.54) is 65.7 Å². The number of carboxylic acid groups (broad SMARTS) is 1. The van der Waals surface area contributed by atoms with Crippen LogP contribution in [0.1, 0.15) is 36.5 Å². The summed E-state index contributed by atoms with van der Waals surface area (Å²) in [6, 6.07) is 4.55. The van der Waals surface area contributed by atoms with Gasteiger partial charge in [-0.15, -0.1) is 0 Å². The van der Waals surface area contributed by atoms with Crippen molar-refractivity contribution in [2.24, 2.45) is 0 Å². The molecule has 0 unspecified atom stereocenters. The number of esters is 1. The van der Waals surface area contributed by atoms with Gasteiger partial charge in [0.2, 0.25) is 24.1 Å². The zero-order chi connectivity index (χ0) is 53.2. The average Bonchev–Trinajstić information content (AvgIpc) is 3.35. The number of methoxy groups -OCH3 is 4. The molecule has 3 saturated heterocycles. The smallest absolute Gasteiger partial charge is 0.309 e. The van der Waals surface area contributed by atoms with Gasteiger partial charge < -0.3 is 118 Å². The standard InChI is InChI=1S/C46H64O26/c1-46(15-29(50)51,72-45-39(61)36(58)33(55)28(19-49)69-45)16-30(52)66-11-7-9-21-14-25(64-4)42(71-44-38(60)35(57)32(54)27(18-48)68-44)40(65-5)22(21)10-6-8-20-12-23(62-2)41(24(13-20)63-3)70-43-37(59)34(56)31(53)26(17-47)67-43/h6-9,12-14,26-28,31-39,43-45,47-49,53-61H,10-11,15-19H2,1-5H3,(H,50,51)/t26-,27-,28-,31-,32-,33-,34+,35+,36+,37-,38-,39-,43+,44+,45+,46+/m1/s1. The van der Waals surface area contributed by atoms with Crippen molar-refractivity contribution in [2.75, 3.05) is 54.9 Å². The highest BCUT2D eigenvalue weighted by molar-refractivity contribution is 5.74. The Bertz CT molecular complexity index is 2140. The third-order valence-electron chi connectivity index (χ3n) is 12.0. The highest BCUT2D eigenvalue weighted by Crippen LogP contribution is 2.45. The minimum absolute atomic E-state index is 0.000762. The van der Waals surface area contributed by atoms with Gasteiger partial charge >= 0.3 is 11.9 Å². The molecule has 3 fully saturated rings. The van der Waals surface area contributed by atoms with Crippen LogP contribution in [-0.2, 0) is 39.7 Å². The number of benzene rings is 2. The molecule has 3 aliphatic rings. The summed E-state index contributed by atoms with van der Waals surface area (Å²) in [5.74, 6) is -2.44. The van der Waals surface area contributed by atoms with E-state index in [-0.39, 0.29) is 40.9 Å². The van der Waals surface area contributed by atoms with Crippen LogP contribution in [0.2, 0.25) is 0 Å². The summed E-state index contributed by atoms with van der Waals surface area (Å²) >= 11 is 0. The molecule has 3 aliphatic heterocycles. The molecule has 26 nitrogen and oxygen atoms in total. The molecule has 0 bridgehead atoms. The zero-order valence-corrected chi connectivity index (χ0v) is 39.8. The Morgan fingerprint density at radius 2 is 1.03 bits per heavy atom. The van der Waals surface area contributed by atoms with Crippen LogP contribution in [0.15, 0.2) is 30.4 Å². The molecule has 3 heterocycles. The van der Waals surface area contributed by atoms with E-state index in [9.17, 15) is 76.0 Å². The van der Waals surface area contributed by atoms with Gasteiger partial charge in [0.25, 0.3) is 0 Å². The van der Waals surface area contributed by atoms with Crippen LogP contribution in [0.3, 0.4) is 0 Å². The van der Waals surface area contributed by atoms with E-state index in [0.717, 1.165) is 0 Å². The normalized spacial score (nSPS) is 31.7. The van der Waals surface area contributed by atoms with Crippen molar-refractivity contribution in [3.63, 3.8) is 0 Å². The number of allylic oxidation sites excluding steroid dienone is 1. The summed E-state index contributed by atoms with van der Waals surface area (Å²) in [5.41, 5.74) is -0.710. The molecule has 5 rings (SSSR count). The second-order valence-electron chi connectivity index (χ2n) is 17.1. The number of ether oxygens (including phenoxy) is 11. The SMILES string of the molecule is COc1cc(C=CCc2c(C=CCOC(=O)C[C@](C)(CC(=O)O)O[C@@H]3O[C@H](CO)[C@@H](O)[C@H](O)[C@H]3O)cc(OC)c(O[C@@H]3O[C@H](CO)[C@@H](O)[C@H](O)[C@H]3O)c2OC)cc(OC)c1O[C@@H]1O[C@H](CO)[C@@H](O)[C@H](O)[C@H]1O. The maximum absolute atomic E-state index is 13.2. The number of carboxylic acids is 1. The topological polar surface area (TPSA) is 399 Å². The van der Waals surface area contributed by atoms with Gasteiger partial charge in [-0.05, 0) is 48.7 Å². The largest absolute Gasteiger partial charge is 0.493 e. The molecule has 26 heteroatoms. The molecule has 0 amide bonds. The van der Waals surface area contributed by atoms with Gasteiger partial charge in [-0.25, -0.2) is 0 Å². The highest BCUT2D eigenvalue weighted by atomic mass is 16.7. The molecule has 2 aromatic carbocycles. The number of carbonyl (C=O) groups is 2. The lowest BCUT2D eigenvalue weighted by molar-refractivity contribution is -0.325. The summed E-state index contributed by atoms with van der Waals surface area (Å²) in [6.45, 7) is -1.41. The third-order valence-corrected chi connectivity index (χ3v) is 12.0. The van der Waals surface area contributed by atoms with Gasteiger partial charge in [0, 0.05) is 5.56 Å². The zero-order valence-electron chi connectivity index (χ0n) is 39.8. The molecule has 0 aromatic heterocycles. The molecule has 0 aliphatic carbocycles. The molecular formula is C46H64O26. The maximum atomic E-state index is 13.2. The Morgan fingerprint density at radius 3 is 1.49 bits per heavy atom. The first kappa shape index (κ1) is 57.9. The molecule has 0 spiro atoms. The van der Waals surface area contributed by atoms with Gasteiger partial charge in [0.15, 0.2) is 29.3 Å². The van der Waals surface area contributed by atoms with Crippen molar-refractivity contribution in [2.45, 2.75) is 124 Å². The van der Waals surface area contributed by atoms with Crippen LogP contribution < -0.4 is 28.4 Å².